The Kier molecular flexibility index (Phi) is 6.06. The van der Waals surface area contributed by atoms with Crippen molar-refractivity contribution in [1.29, 1.82) is 0 Å². The van der Waals surface area contributed by atoms with Crippen molar-refractivity contribution in [3.63, 3.8) is 0 Å². The Morgan fingerprint density at radius 2 is 1.88 bits per heavy atom. The van der Waals surface area contributed by atoms with Crippen molar-refractivity contribution in [2.45, 2.75) is 4.90 Å². The molecule has 166 valence electrons. The van der Waals surface area contributed by atoms with Crippen LogP contribution in [0.1, 0.15) is 0 Å². The lowest BCUT2D eigenvalue weighted by Crippen LogP contribution is -2.37. The van der Waals surface area contributed by atoms with Crippen LogP contribution in [-0.4, -0.2) is 49.9 Å². The minimum absolute atomic E-state index is 0.0148. The Hall–Kier alpha value is -3.51. The summed E-state index contributed by atoms with van der Waals surface area (Å²) in [5.74, 6) is -0.961. The lowest BCUT2D eigenvalue weighted by molar-refractivity contribution is -0.116. The molecule has 3 amide bonds. The summed E-state index contributed by atoms with van der Waals surface area (Å²) in [6.45, 7) is 0.335. The second-order valence-electron chi connectivity index (χ2n) is 6.82. The molecule has 2 aromatic carbocycles. The van der Waals surface area contributed by atoms with Gasteiger partial charge in [-0.1, -0.05) is 12.1 Å². The Labute approximate surface area is 187 Å². The molecule has 0 atom stereocenters. The number of aromatic nitrogens is 1. The molecule has 1 aliphatic rings. The van der Waals surface area contributed by atoms with Crippen LogP contribution in [-0.2, 0) is 14.8 Å². The summed E-state index contributed by atoms with van der Waals surface area (Å²) < 4.78 is 41.1. The average molecular weight is 476 g/mol. The van der Waals surface area contributed by atoms with Crippen molar-refractivity contribution in [2.75, 3.05) is 34.6 Å². The maximum absolute atomic E-state index is 14.0. The fourth-order valence-electron chi connectivity index (χ4n) is 3.16. The van der Waals surface area contributed by atoms with Gasteiger partial charge in [0.25, 0.3) is 10.0 Å². The number of amides is 3. The van der Waals surface area contributed by atoms with Crippen LogP contribution >= 0.6 is 11.3 Å². The molecule has 1 fully saturated rings. The summed E-state index contributed by atoms with van der Waals surface area (Å²) in [6, 6.07) is 11.1. The van der Waals surface area contributed by atoms with E-state index in [-0.39, 0.29) is 35.3 Å². The molecular weight excluding hydrogens is 457 g/mol. The maximum Gasteiger partial charge on any atom is 0.325 e. The summed E-state index contributed by atoms with van der Waals surface area (Å²) >= 11 is 1.16. The van der Waals surface area contributed by atoms with E-state index in [4.69, 9.17) is 0 Å². The van der Waals surface area contributed by atoms with Crippen molar-refractivity contribution in [1.82, 2.24) is 9.88 Å². The highest BCUT2D eigenvalue weighted by atomic mass is 32.2. The molecule has 0 aliphatic carbocycles. The highest BCUT2D eigenvalue weighted by Crippen LogP contribution is 2.23. The minimum atomic E-state index is -3.79. The summed E-state index contributed by atoms with van der Waals surface area (Å²) in [7, 11) is -3.79. The number of hydrogen-bond acceptors (Lipinski definition) is 6. The SMILES string of the molecule is O=C(CN1CCN(c2ccccc2F)C1=O)Nc1ccc(S(=O)(=O)Nc2nccs2)cc1. The molecule has 2 heterocycles. The first-order valence-corrected chi connectivity index (χ1v) is 11.8. The van der Waals surface area contributed by atoms with Crippen LogP contribution in [0.2, 0.25) is 0 Å². The fourth-order valence-corrected chi connectivity index (χ4v) is 4.95. The standard InChI is InChI=1S/C20H18FN5O4S2/c21-16-3-1-2-4-17(16)26-11-10-25(20(26)28)13-18(27)23-14-5-7-15(8-6-14)32(29,30)24-19-22-9-12-31-19/h1-9,12H,10-11,13H2,(H,22,24)(H,23,27). The van der Waals surface area contributed by atoms with Crippen LogP contribution in [0, 0.1) is 5.82 Å². The van der Waals surface area contributed by atoms with E-state index in [1.54, 1.807) is 11.4 Å². The molecule has 0 spiro atoms. The van der Waals surface area contributed by atoms with Gasteiger partial charge in [0.2, 0.25) is 5.91 Å². The average Bonchev–Trinajstić information content (AvgIpc) is 3.39. The number of nitrogens with zero attached hydrogens (tertiary/aromatic N) is 3. The van der Waals surface area contributed by atoms with E-state index in [1.165, 1.54) is 58.5 Å². The van der Waals surface area contributed by atoms with Crippen LogP contribution in [0.3, 0.4) is 0 Å². The number of halogens is 1. The number of para-hydroxylation sites is 1. The van der Waals surface area contributed by atoms with Gasteiger partial charge in [0, 0.05) is 30.4 Å². The number of benzene rings is 2. The number of anilines is 3. The lowest BCUT2D eigenvalue weighted by atomic mass is 10.3. The molecule has 3 aromatic rings. The molecular formula is C20H18FN5O4S2. The Balaban J connectivity index is 1.35. The van der Waals surface area contributed by atoms with Crippen molar-refractivity contribution in [2.24, 2.45) is 0 Å². The zero-order valence-corrected chi connectivity index (χ0v) is 18.2. The summed E-state index contributed by atoms with van der Waals surface area (Å²) in [5, 5.41) is 4.53. The highest BCUT2D eigenvalue weighted by molar-refractivity contribution is 7.93. The van der Waals surface area contributed by atoms with E-state index in [1.807, 2.05) is 0 Å². The van der Waals surface area contributed by atoms with Crippen LogP contribution in [0.15, 0.2) is 65.0 Å². The smallest absolute Gasteiger partial charge is 0.325 e. The van der Waals surface area contributed by atoms with Crippen LogP contribution in [0.4, 0.5) is 25.7 Å². The number of hydrogen-bond donors (Lipinski definition) is 2. The van der Waals surface area contributed by atoms with E-state index >= 15 is 0 Å². The van der Waals surface area contributed by atoms with E-state index in [9.17, 15) is 22.4 Å². The molecule has 0 unspecified atom stereocenters. The second-order valence-corrected chi connectivity index (χ2v) is 9.40. The predicted octanol–water partition coefficient (Wildman–Crippen LogP) is 2.96. The van der Waals surface area contributed by atoms with Crippen molar-refractivity contribution in [3.05, 3.63) is 65.9 Å². The monoisotopic (exact) mass is 475 g/mol. The van der Waals surface area contributed by atoms with Gasteiger partial charge in [0.15, 0.2) is 5.13 Å². The van der Waals surface area contributed by atoms with Gasteiger partial charge in [-0.3, -0.25) is 14.4 Å². The Morgan fingerprint density at radius 3 is 2.56 bits per heavy atom. The van der Waals surface area contributed by atoms with Gasteiger partial charge < -0.3 is 10.2 Å². The zero-order chi connectivity index (χ0) is 22.7. The normalized spacial score (nSPS) is 14.0. The minimum Gasteiger partial charge on any atom is -0.325 e. The summed E-state index contributed by atoms with van der Waals surface area (Å²) in [6.07, 6.45) is 1.49. The molecule has 1 aromatic heterocycles. The third-order valence-corrected chi connectivity index (χ3v) is 6.85. The number of carbonyl (C=O) groups excluding carboxylic acids is 2. The number of nitrogens with one attached hydrogen (secondary N) is 2. The molecule has 32 heavy (non-hydrogen) atoms. The van der Waals surface area contributed by atoms with E-state index in [0.29, 0.717) is 5.69 Å². The van der Waals surface area contributed by atoms with Crippen molar-refractivity contribution in [3.8, 4) is 0 Å². The third-order valence-electron chi connectivity index (χ3n) is 4.68. The lowest BCUT2D eigenvalue weighted by Gasteiger charge is -2.19. The first kappa shape index (κ1) is 21.7. The third kappa shape index (κ3) is 4.70. The molecule has 1 saturated heterocycles. The van der Waals surface area contributed by atoms with Gasteiger partial charge in [0.1, 0.15) is 12.4 Å². The van der Waals surface area contributed by atoms with E-state index < -0.39 is 27.8 Å². The van der Waals surface area contributed by atoms with E-state index in [0.717, 1.165) is 11.3 Å². The number of urea groups is 1. The van der Waals surface area contributed by atoms with Gasteiger partial charge >= 0.3 is 6.03 Å². The van der Waals surface area contributed by atoms with Gasteiger partial charge in [-0.05, 0) is 36.4 Å². The highest BCUT2D eigenvalue weighted by Gasteiger charge is 2.32. The van der Waals surface area contributed by atoms with Gasteiger partial charge in [0.05, 0.1) is 10.6 Å². The molecule has 1 aliphatic heterocycles. The van der Waals surface area contributed by atoms with Crippen LogP contribution < -0.4 is 14.9 Å². The number of carbonyl (C=O) groups is 2. The Morgan fingerprint density at radius 1 is 1.12 bits per heavy atom. The summed E-state index contributed by atoms with van der Waals surface area (Å²) in [5.41, 5.74) is 0.546. The number of rotatable bonds is 7. The quantitative estimate of drug-likeness (QED) is 0.546. The maximum atomic E-state index is 14.0. The van der Waals surface area contributed by atoms with Gasteiger partial charge in [-0.2, -0.15) is 0 Å². The largest absolute Gasteiger partial charge is 0.325 e. The van der Waals surface area contributed by atoms with Gasteiger partial charge in [-0.15, -0.1) is 11.3 Å². The van der Waals surface area contributed by atoms with Gasteiger partial charge in [-0.25, -0.2) is 22.6 Å². The number of sulfonamides is 1. The number of thiazole rings is 1. The predicted molar refractivity (Wildman–Crippen MR) is 119 cm³/mol. The second kappa shape index (κ2) is 8.93. The summed E-state index contributed by atoms with van der Waals surface area (Å²) in [4.78, 5) is 31.4. The molecule has 0 bridgehead atoms. The molecule has 9 nitrogen and oxygen atoms in total. The van der Waals surface area contributed by atoms with E-state index in [2.05, 4.69) is 15.0 Å². The fraction of sp³-hybridized carbons (Fsp3) is 0.150. The molecule has 4 rings (SSSR count). The van der Waals surface area contributed by atoms with Crippen LogP contribution in [0.25, 0.3) is 0 Å². The van der Waals surface area contributed by atoms with Crippen LogP contribution in [0.5, 0.6) is 0 Å². The zero-order valence-electron chi connectivity index (χ0n) is 16.6. The first-order valence-electron chi connectivity index (χ1n) is 9.47. The molecule has 2 N–H and O–H groups in total. The molecule has 0 saturated carbocycles. The van der Waals surface area contributed by atoms with Crippen molar-refractivity contribution < 1.29 is 22.4 Å². The Bertz CT molecular complexity index is 1230. The first-order chi connectivity index (χ1) is 15.3. The van der Waals surface area contributed by atoms with Crippen molar-refractivity contribution >= 4 is 49.8 Å². The topological polar surface area (TPSA) is 112 Å². The molecule has 0 radical (unpaired) electrons. The molecule has 12 heteroatoms.